The van der Waals surface area contributed by atoms with Crippen LogP contribution in [-0.4, -0.2) is 26.7 Å². The van der Waals surface area contributed by atoms with E-state index in [0.29, 0.717) is 18.0 Å². The quantitative estimate of drug-likeness (QED) is 0.578. The summed E-state index contributed by atoms with van der Waals surface area (Å²) in [5, 5.41) is 0. The summed E-state index contributed by atoms with van der Waals surface area (Å²) >= 11 is 3.41. The van der Waals surface area contributed by atoms with Gasteiger partial charge in [0.1, 0.15) is 6.61 Å². The van der Waals surface area contributed by atoms with E-state index in [9.17, 15) is 4.79 Å². The molecule has 0 aromatic heterocycles. The van der Waals surface area contributed by atoms with E-state index in [1.165, 1.54) is 0 Å². The van der Waals surface area contributed by atoms with Gasteiger partial charge in [0.05, 0.1) is 14.2 Å². The Labute approximate surface area is 113 Å². The molecule has 7 heteroatoms. The molecule has 0 radical (unpaired) electrons. The van der Waals surface area contributed by atoms with Gasteiger partial charge in [-0.3, -0.25) is 9.63 Å². The number of hydroxylamine groups is 1. The SMILES string of the molecule is COc1cc(Br)c(CNOCC(N)=O)cc1OC. The Kier molecular flexibility index (Phi) is 5.90. The van der Waals surface area contributed by atoms with Crippen LogP contribution in [0.15, 0.2) is 16.6 Å². The molecule has 0 unspecified atom stereocenters. The van der Waals surface area contributed by atoms with Gasteiger partial charge in [-0.25, -0.2) is 0 Å². The van der Waals surface area contributed by atoms with E-state index in [-0.39, 0.29) is 6.61 Å². The van der Waals surface area contributed by atoms with Crippen molar-refractivity contribution in [3.05, 3.63) is 22.2 Å². The third kappa shape index (κ3) is 4.17. The van der Waals surface area contributed by atoms with Gasteiger partial charge in [-0.05, 0) is 17.7 Å². The first-order chi connectivity index (χ1) is 8.58. The number of amides is 1. The maximum atomic E-state index is 10.5. The molecule has 0 aliphatic heterocycles. The van der Waals surface area contributed by atoms with Gasteiger partial charge >= 0.3 is 0 Å². The zero-order valence-electron chi connectivity index (χ0n) is 10.2. The van der Waals surface area contributed by atoms with Gasteiger partial charge < -0.3 is 15.2 Å². The topological polar surface area (TPSA) is 82.8 Å². The second-order valence-electron chi connectivity index (χ2n) is 3.37. The molecule has 0 aliphatic rings. The zero-order chi connectivity index (χ0) is 13.5. The first kappa shape index (κ1) is 14.7. The average molecular weight is 319 g/mol. The minimum absolute atomic E-state index is 0.176. The van der Waals surface area contributed by atoms with Gasteiger partial charge in [-0.2, -0.15) is 5.48 Å². The fourth-order valence-electron chi connectivity index (χ4n) is 1.28. The molecule has 6 nitrogen and oxygen atoms in total. The Morgan fingerprint density at radius 1 is 1.33 bits per heavy atom. The number of methoxy groups -OCH3 is 2. The summed E-state index contributed by atoms with van der Waals surface area (Å²) in [4.78, 5) is 15.3. The Morgan fingerprint density at radius 3 is 2.50 bits per heavy atom. The van der Waals surface area contributed by atoms with E-state index in [1.807, 2.05) is 6.07 Å². The highest BCUT2D eigenvalue weighted by molar-refractivity contribution is 9.10. The van der Waals surface area contributed by atoms with Crippen molar-refractivity contribution in [1.82, 2.24) is 5.48 Å². The smallest absolute Gasteiger partial charge is 0.245 e. The monoisotopic (exact) mass is 318 g/mol. The van der Waals surface area contributed by atoms with Crippen LogP contribution in [-0.2, 0) is 16.2 Å². The highest BCUT2D eigenvalue weighted by Crippen LogP contribution is 2.33. The number of nitrogens with two attached hydrogens (primary N) is 1. The number of nitrogens with one attached hydrogen (secondary N) is 1. The first-order valence-electron chi connectivity index (χ1n) is 5.11. The number of ether oxygens (including phenoxy) is 2. The van der Waals surface area contributed by atoms with Gasteiger partial charge in [0.25, 0.3) is 0 Å². The lowest BCUT2D eigenvalue weighted by Gasteiger charge is -2.12. The van der Waals surface area contributed by atoms with Crippen LogP contribution in [0.2, 0.25) is 0 Å². The lowest BCUT2D eigenvalue weighted by Crippen LogP contribution is -2.24. The van der Waals surface area contributed by atoms with Crippen molar-refractivity contribution in [2.24, 2.45) is 5.73 Å². The summed E-state index contributed by atoms with van der Waals surface area (Å²) in [6.45, 7) is 0.221. The molecule has 1 aromatic rings. The maximum Gasteiger partial charge on any atom is 0.245 e. The minimum Gasteiger partial charge on any atom is -0.493 e. The highest BCUT2D eigenvalue weighted by Gasteiger charge is 2.09. The molecule has 0 fully saturated rings. The van der Waals surface area contributed by atoms with Crippen molar-refractivity contribution < 1.29 is 19.1 Å². The number of carbonyl (C=O) groups excluding carboxylic acids is 1. The summed E-state index contributed by atoms with van der Waals surface area (Å²) in [7, 11) is 3.13. The van der Waals surface area contributed by atoms with Crippen LogP contribution in [0.3, 0.4) is 0 Å². The summed E-state index contributed by atoms with van der Waals surface area (Å²) in [5.41, 5.74) is 8.47. The molecule has 0 bridgehead atoms. The van der Waals surface area contributed by atoms with Crippen molar-refractivity contribution in [3.63, 3.8) is 0 Å². The largest absolute Gasteiger partial charge is 0.493 e. The Balaban J connectivity index is 2.68. The number of rotatable bonds is 7. The number of carbonyl (C=O) groups is 1. The predicted molar refractivity (Wildman–Crippen MR) is 69.2 cm³/mol. The molecule has 100 valence electrons. The fraction of sp³-hybridized carbons (Fsp3) is 0.364. The molecule has 0 aliphatic carbocycles. The minimum atomic E-state index is -0.533. The van der Waals surface area contributed by atoms with Gasteiger partial charge in [-0.15, -0.1) is 0 Å². The van der Waals surface area contributed by atoms with Crippen molar-refractivity contribution in [3.8, 4) is 11.5 Å². The summed E-state index contributed by atoms with van der Waals surface area (Å²) < 4.78 is 11.2. The molecule has 0 saturated heterocycles. The molecule has 0 heterocycles. The molecular formula is C11H15BrN2O4. The summed E-state index contributed by atoms with van der Waals surface area (Å²) in [6.07, 6.45) is 0. The Hall–Kier alpha value is -1.31. The molecule has 18 heavy (non-hydrogen) atoms. The van der Waals surface area contributed by atoms with E-state index in [4.69, 9.17) is 20.0 Å². The molecule has 1 amide bonds. The maximum absolute atomic E-state index is 10.5. The molecule has 1 rings (SSSR count). The van der Waals surface area contributed by atoms with Crippen molar-refractivity contribution in [2.75, 3.05) is 20.8 Å². The van der Waals surface area contributed by atoms with Crippen LogP contribution in [0.4, 0.5) is 0 Å². The molecule has 0 spiro atoms. The van der Waals surface area contributed by atoms with Crippen LogP contribution < -0.4 is 20.7 Å². The Bertz CT molecular complexity index is 426. The predicted octanol–water partition coefficient (Wildman–Crippen LogP) is 0.973. The van der Waals surface area contributed by atoms with Crippen molar-refractivity contribution in [2.45, 2.75) is 6.54 Å². The third-order valence-electron chi connectivity index (χ3n) is 2.13. The normalized spacial score (nSPS) is 10.2. The van der Waals surface area contributed by atoms with Gasteiger partial charge in [0.15, 0.2) is 11.5 Å². The molecule has 3 N–H and O–H groups in total. The molecule has 0 saturated carbocycles. The van der Waals surface area contributed by atoms with Crippen LogP contribution in [0.25, 0.3) is 0 Å². The van der Waals surface area contributed by atoms with E-state index in [0.717, 1.165) is 10.0 Å². The van der Waals surface area contributed by atoms with Crippen LogP contribution in [0.1, 0.15) is 5.56 Å². The second kappa shape index (κ2) is 7.20. The number of hydrogen-bond donors (Lipinski definition) is 2. The highest BCUT2D eigenvalue weighted by atomic mass is 79.9. The average Bonchev–Trinajstić information content (AvgIpc) is 2.35. The van der Waals surface area contributed by atoms with Gasteiger partial charge in [0, 0.05) is 11.0 Å². The first-order valence-corrected chi connectivity index (χ1v) is 5.91. The van der Waals surface area contributed by atoms with Crippen LogP contribution >= 0.6 is 15.9 Å². The Morgan fingerprint density at radius 2 is 1.94 bits per heavy atom. The van der Waals surface area contributed by atoms with Gasteiger partial charge in [-0.1, -0.05) is 15.9 Å². The lowest BCUT2D eigenvalue weighted by atomic mass is 10.2. The zero-order valence-corrected chi connectivity index (χ0v) is 11.7. The van der Waals surface area contributed by atoms with E-state index >= 15 is 0 Å². The third-order valence-corrected chi connectivity index (χ3v) is 2.87. The lowest BCUT2D eigenvalue weighted by molar-refractivity contribution is -0.125. The van der Waals surface area contributed by atoms with Gasteiger partial charge in [0.2, 0.25) is 5.91 Å². The number of primary amides is 1. The van der Waals surface area contributed by atoms with E-state index < -0.39 is 5.91 Å². The summed E-state index contributed by atoms with van der Waals surface area (Å²) in [5.74, 6) is 0.715. The molecule has 1 aromatic carbocycles. The fourth-order valence-corrected chi connectivity index (χ4v) is 1.75. The number of benzene rings is 1. The van der Waals surface area contributed by atoms with Crippen LogP contribution in [0, 0.1) is 0 Å². The van der Waals surface area contributed by atoms with E-state index in [1.54, 1.807) is 20.3 Å². The van der Waals surface area contributed by atoms with Crippen LogP contribution in [0.5, 0.6) is 11.5 Å². The standard InChI is InChI=1S/C11H15BrN2O4/c1-16-9-3-7(5-14-18-6-11(13)15)8(12)4-10(9)17-2/h3-4,14H,5-6H2,1-2H3,(H2,13,15). The van der Waals surface area contributed by atoms with Crippen molar-refractivity contribution >= 4 is 21.8 Å². The number of hydrogen-bond acceptors (Lipinski definition) is 5. The van der Waals surface area contributed by atoms with E-state index in [2.05, 4.69) is 21.4 Å². The number of halogens is 1. The second-order valence-corrected chi connectivity index (χ2v) is 4.23. The summed E-state index contributed by atoms with van der Waals surface area (Å²) in [6, 6.07) is 3.60. The molecule has 0 atom stereocenters. The van der Waals surface area contributed by atoms with Crippen molar-refractivity contribution in [1.29, 1.82) is 0 Å². The molecular weight excluding hydrogens is 304 g/mol.